The Labute approximate surface area is 75.3 Å². The highest BCUT2D eigenvalue weighted by Crippen LogP contribution is 1.99. The second kappa shape index (κ2) is 3.90. The molecule has 0 saturated heterocycles. The molecule has 0 aliphatic rings. The van der Waals surface area contributed by atoms with Crippen LogP contribution in [0.1, 0.15) is 0 Å². The first-order valence-corrected chi connectivity index (χ1v) is 3.81. The Kier molecular flexibility index (Phi) is 2.86. The number of nitrogens with two attached hydrogens (primary N) is 1. The van der Waals surface area contributed by atoms with Gasteiger partial charge in [-0.25, -0.2) is 0 Å². The van der Waals surface area contributed by atoms with Crippen LogP contribution >= 0.6 is 0 Å². The zero-order valence-corrected chi connectivity index (χ0v) is 7.27. The first-order valence-electron chi connectivity index (χ1n) is 3.81. The Morgan fingerprint density at radius 3 is 3.08 bits per heavy atom. The van der Waals surface area contributed by atoms with Crippen LogP contribution in [0.5, 0.6) is 0 Å². The molecule has 6 nitrogen and oxygen atoms in total. The van der Waals surface area contributed by atoms with Gasteiger partial charge in [-0.15, -0.1) is 0 Å². The number of carbonyl (C=O) groups is 1. The minimum absolute atomic E-state index is 0.173. The largest absolute Gasteiger partial charge is 0.480 e. The van der Waals surface area contributed by atoms with Gasteiger partial charge in [0.15, 0.2) is 0 Å². The lowest BCUT2D eigenvalue weighted by molar-refractivity contribution is -0.138. The van der Waals surface area contributed by atoms with Crippen molar-refractivity contribution in [3.63, 3.8) is 0 Å². The standard InChI is InChI=1S/C7H12N4O2/c1-11-3-2-6(10-11)9-4-5(8)7(12)13/h2-3,5H,4,8H2,1H3,(H,9,10)(H,12,13). The van der Waals surface area contributed by atoms with Gasteiger partial charge in [-0.05, 0) is 0 Å². The molecule has 1 rings (SSSR count). The zero-order chi connectivity index (χ0) is 9.84. The van der Waals surface area contributed by atoms with Crippen molar-refractivity contribution in [2.75, 3.05) is 11.9 Å². The number of aromatic nitrogens is 2. The number of aryl methyl sites for hydroxylation is 1. The van der Waals surface area contributed by atoms with Gasteiger partial charge in [-0.1, -0.05) is 0 Å². The van der Waals surface area contributed by atoms with E-state index in [1.165, 1.54) is 0 Å². The first-order chi connectivity index (χ1) is 6.09. The predicted molar refractivity (Wildman–Crippen MR) is 47.3 cm³/mol. The molecule has 1 atom stereocenters. The Balaban J connectivity index is 2.39. The number of rotatable bonds is 4. The number of hydrogen-bond acceptors (Lipinski definition) is 4. The summed E-state index contributed by atoms with van der Waals surface area (Å²) in [5.41, 5.74) is 5.27. The van der Waals surface area contributed by atoms with Crippen molar-refractivity contribution in [3.8, 4) is 0 Å². The van der Waals surface area contributed by atoms with Crippen LogP contribution in [0.3, 0.4) is 0 Å². The van der Waals surface area contributed by atoms with Crippen LogP contribution in [0.25, 0.3) is 0 Å². The fourth-order valence-corrected chi connectivity index (χ4v) is 0.811. The summed E-state index contributed by atoms with van der Waals surface area (Å²) in [5, 5.41) is 15.3. The van der Waals surface area contributed by atoms with Crippen LogP contribution in [0.4, 0.5) is 5.82 Å². The molecule has 72 valence electrons. The summed E-state index contributed by atoms with van der Waals surface area (Å²) in [6.45, 7) is 0.173. The Morgan fingerprint density at radius 2 is 2.62 bits per heavy atom. The van der Waals surface area contributed by atoms with E-state index >= 15 is 0 Å². The maximum absolute atomic E-state index is 10.3. The number of aliphatic carboxylic acids is 1. The third-order valence-corrected chi connectivity index (χ3v) is 1.53. The van der Waals surface area contributed by atoms with Crippen molar-refractivity contribution in [1.82, 2.24) is 9.78 Å². The molecule has 1 aromatic heterocycles. The third kappa shape index (κ3) is 2.75. The fraction of sp³-hybridized carbons (Fsp3) is 0.429. The highest BCUT2D eigenvalue weighted by Gasteiger charge is 2.10. The van der Waals surface area contributed by atoms with Crippen LogP contribution < -0.4 is 11.1 Å². The van der Waals surface area contributed by atoms with Crippen LogP contribution in [0.15, 0.2) is 12.3 Å². The SMILES string of the molecule is Cn1ccc(NCC(N)C(=O)O)n1. The molecule has 0 bridgehead atoms. The van der Waals surface area contributed by atoms with Gasteiger partial charge >= 0.3 is 5.97 Å². The molecule has 0 radical (unpaired) electrons. The summed E-state index contributed by atoms with van der Waals surface area (Å²) in [6, 6.07) is 0.844. The third-order valence-electron chi connectivity index (χ3n) is 1.53. The first kappa shape index (κ1) is 9.53. The highest BCUT2D eigenvalue weighted by atomic mass is 16.4. The molecule has 0 spiro atoms. The van der Waals surface area contributed by atoms with Gasteiger partial charge in [-0.2, -0.15) is 5.10 Å². The van der Waals surface area contributed by atoms with Crippen molar-refractivity contribution in [2.45, 2.75) is 6.04 Å². The zero-order valence-electron chi connectivity index (χ0n) is 7.27. The van der Waals surface area contributed by atoms with Crippen LogP contribution in [0, 0.1) is 0 Å². The normalized spacial score (nSPS) is 12.5. The quantitative estimate of drug-likeness (QED) is 0.572. The lowest BCUT2D eigenvalue weighted by Gasteiger charge is -2.06. The van der Waals surface area contributed by atoms with Gasteiger partial charge in [0.2, 0.25) is 0 Å². The molecular weight excluding hydrogens is 172 g/mol. The van der Waals surface area contributed by atoms with E-state index in [4.69, 9.17) is 10.8 Å². The Hall–Kier alpha value is -1.56. The summed E-state index contributed by atoms with van der Waals surface area (Å²) >= 11 is 0. The second-order valence-corrected chi connectivity index (χ2v) is 2.70. The molecule has 13 heavy (non-hydrogen) atoms. The summed E-state index contributed by atoms with van der Waals surface area (Å²) in [5.74, 6) is -0.400. The number of hydrogen-bond donors (Lipinski definition) is 3. The van der Waals surface area contributed by atoms with E-state index in [0.717, 1.165) is 0 Å². The van der Waals surface area contributed by atoms with Crippen molar-refractivity contribution >= 4 is 11.8 Å². The smallest absolute Gasteiger partial charge is 0.322 e. The average Bonchev–Trinajstić information content (AvgIpc) is 2.47. The molecule has 0 aliphatic heterocycles. The molecule has 1 unspecified atom stereocenters. The van der Waals surface area contributed by atoms with Crippen molar-refractivity contribution in [1.29, 1.82) is 0 Å². The lowest BCUT2D eigenvalue weighted by Crippen LogP contribution is -2.37. The van der Waals surface area contributed by atoms with E-state index < -0.39 is 12.0 Å². The van der Waals surface area contributed by atoms with Crippen molar-refractivity contribution in [2.24, 2.45) is 12.8 Å². The Morgan fingerprint density at radius 1 is 1.92 bits per heavy atom. The van der Waals surface area contributed by atoms with E-state index in [-0.39, 0.29) is 6.54 Å². The molecule has 0 saturated carbocycles. The van der Waals surface area contributed by atoms with Crippen LogP contribution in [0.2, 0.25) is 0 Å². The van der Waals surface area contributed by atoms with E-state index in [1.54, 1.807) is 24.0 Å². The van der Waals surface area contributed by atoms with Crippen LogP contribution in [-0.4, -0.2) is 33.4 Å². The summed E-state index contributed by atoms with van der Waals surface area (Å²) < 4.78 is 1.62. The minimum Gasteiger partial charge on any atom is -0.480 e. The monoisotopic (exact) mass is 184 g/mol. The molecule has 6 heteroatoms. The lowest BCUT2D eigenvalue weighted by atomic mass is 10.3. The van der Waals surface area contributed by atoms with Crippen molar-refractivity contribution < 1.29 is 9.90 Å². The Bertz CT molecular complexity index is 296. The molecule has 0 amide bonds. The molecule has 1 aromatic rings. The van der Waals surface area contributed by atoms with Gasteiger partial charge in [0, 0.05) is 25.9 Å². The minimum atomic E-state index is -1.02. The van der Waals surface area contributed by atoms with Gasteiger partial charge in [0.1, 0.15) is 11.9 Å². The van der Waals surface area contributed by atoms with Gasteiger partial charge in [0.25, 0.3) is 0 Å². The van der Waals surface area contributed by atoms with Gasteiger partial charge in [0.05, 0.1) is 0 Å². The molecule has 0 aliphatic carbocycles. The van der Waals surface area contributed by atoms with E-state index in [0.29, 0.717) is 5.82 Å². The number of carboxylic acids is 1. The number of nitrogens with zero attached hydrogens (tertiary/aromatic N) is 2. The number of anilines is 1. The van der Waals surface area contributed by atoms with E-state index in [2.05, 4.69) is 10.4 Å². The summed E-state index contributed by atoms with van der Waals surface area (Å²) in [4.78, 5) is 10.3. The molecule has 0 aromatic carbocycles. The number of nitrogens with one attached hydrogen (secondary N) is 1. The topological polar surface area (TPSA) is 93.2 Å². The summed E-state index contributed by atoms with van der Waals surface area (Å²) in [6.07, 6.45) is 1.76. The second-order valence-electron chi connectivity index (χ2n) is 2.70. The van der Waals surface area contributed by atoms with Gasteiger partial charge < -0.3 is 16.2 Å². The van der Waals surface area contributed by atoms with Crippen molar-refractivity contribution in [3.05, 3.63) is 12.3 Å². The van der Waals surface area contributed by atoms with E-state index in [1.807, 2.05) is 0 Å². The summed E-state index contributed by atoms with van der Waals surface area (Å²) in [7, 11) is 1.78. The number of carboxylic acid groups (broad SMARTS) is 1. The van der Waals surface area contributed by atoms with E-state index in [9.17, 15) is 4.79 Å². The maximum Gasteiger partial charge on any atom is 0.322 e. The molecule has 1 heterocycles. The molecule has 0 fully saturated rings. The van der Waals surface area contributed by atoms with Gasteiger partial charge in [-0.3, -0.25) is 9.48 Å². The maximum atomic E-state index is 10.3. The molecular formula is C7H12N4O2. The predicted octanol–water partition coefficient (Wildman–Crippen LogP) is -0.756. The highest BCUT2D eigenvalue weighted by molar-refractivity contribution is 5.73. The fourth-order valence-electron chi connectivity index (χ4n) is 0.811. The molecule has 4 N–H and O–H groups in total. The van der Waals surface area contributed by atoms with Crippen LogP contribution in [-0.2, 0) is 11.8 Å². The average molecular weight is 184 g/mol.